The highest BCUT2D eigenvalue weighted by Gasteiger charge is 2.14. The predicted molar refractivity (Wildman–Crippen MR) is 83.9 cm³/mol. The summed E-state index contributed by atoms with van der Waals surface area (Å²) in [5, 5.41) is 4.71. The van der Waals surface area contributed by atoms with Crippen LogP contribution in [0.3, 0.4) is 0 Å². The van der Waals surface area contributed by atoms with Crippen LogP contribution in [0.15, 0.2) is 48.5 Å². The van der Waals surface area contributed by atoms with Crippen LogP contribution in [0.1, 0.15) is 5.69 Å². The van der Waals surface area contributed by atoms with Crippen molar-refractivity contribution in [2.75, 3.05) is 13.1 Å². The summed E-state index contributed by atoms with van der Waals surface area (Å²) in [6.07, 6.45) is 1.05. The van der Waals surface area contributed by atoms with Crippen molar-refractivity contribution in [3.05, 3.63) is 60.0 Å². The Morgan fingerprint density at radius 2 is 1.86 bits per heavy atom. The van der Waals surface area contributed by atoms with E-state index in [2.05, 4.69) is 34.1 Å². The fourth-order valence-corrected chi connectivity index (χ4v) is 3.24. The van der Waals surface area contributed by atoms with Crippen LogP contribution in [0.4, 0.5) is 4.39 Å². The number of hydrogen-bond acceptors (Lipinski definition) is 1. The van der Waals surface area contributed by atoms with Gasteiger partial charge in [0.2, 0.25) is 0 Å². The van der Waals surface area contributed by atoms with Gasteiger partial charge in [-0.15, -0.1) is 0 Å². The Hall–Kier alpha value is -2.13. The molecule has 1 aliphatic rings. The molecule has 0 saturated heterocycles. The molecule has 0 bridgehead atoms. The molecule has 0 aliphatic carbocycles. The van der Waals surface area contributed by atoms with Gasteiger partial charge in [-0.3, -0.25) is 0 Å². The Kier molecular flexibility index (Phi) is 3.00. The second kappa shape index (κ2) is 5.01. The highest BCUT2D eigenvalue weighted by Crippen LogP contribution is 2.31. The van der Waals surface area contributed by atoms with E-state index in [0.29, 0.717) is 0 Å². The van der Waals surface area contributed by atoms with Crippen molar-refractivity contribution in [1.82, 2.24) is 9.88 Å². The largest absolute Gasteiger partial charge is 0.343 e. The van der Waals surface area contributed by atoms with Crippen LogP contribution in [-0.2, 0) is 13.0 Å². The number of nitrogens with zero attached hydrogens (tertiary/aromatic N) is 1. The monoisotopic (exact) mass is 280 g/mol. The number of halogens is 1. The quantitative estimate of drug-likeness (QED) is 0.721. The van der Waals surface area contributed by atoms with Crippen LogP contribution in [0, 0.1) is 5.82 Å². The first kappa shape index (κ1) is 12.6. The summed E-state index contributed by atoms with van der Waals surface area (Å²) in [5.74, 6) is -0.191. The molecule has 4 rings (SSSR count). The molecule has 0 fully saturated rings. The maximum absolute atomic E-state index is 13.2. The van der Waals surface area contributed by atoms with Gasteiger partial charge in [-0.05, 0) is 23.8 Å². The maximum Gasteiger partial charge on any atom is 0.123 e. The van der Waals surface area contributed by atoms with E-state index in [0.717, 1.165) is 31.6 Å². The molecule has 0 spiro atoms. The summed E-state index contributed by atoms with van der Waals surface area (Å²) >= 11 is 0. The Bertz CT molecular complexity index is 787. The summed E-state index contributed by atoms with van der Waals surface area (Å²) in [4.78, 5) is 0. The van der Waals surface area contributed by atoms with E-state index < -0.39 is 0 Å². The van der Waals surface area contributed by atoms with Gasteiger partial charge >= 0.3 is 0 Å². The van der Waals surface area contributed by atoms with Gasteiger partial charge in [0.1, 0.15) is 5.82 Å². The molecular weight excluding hydrogens is 263 g/mol. The SMILES string of the molecule is Fc1ccc(-c2cccc3cc4n(c23)CCNCC4)cc1. The highest BCUT2D eigenvalue weighted by atomic mass is 19.1. The smallest absolute Gasteiger partial charge is 0.123 e. The van der Waals surface area contributed by atoms with Gasteiger partial charge in [0, 0.05) is 42.7 Å². The molecule has 2 heterocycles. The molecule has 2 nitrogen and oxygen atoms in total. The second-order valence-corrected chi connectivity index (χ2v) is 5.54. The Morgan fingerprint density at radius 1 is 1.00 bits per heavy atom. The molecule has 1 N–H and O–H groups in total. The van der Waals surface area contributed by atoms with E-state index in [1.54, 1.807) is 0 Å². The Balaban J connectivity index is 1.96. The van der Waals surface area contributed by atoms with Crippen molar-refractivity contribution in [3.8, 4) is 11.1 Å². The molecule has 3 heteroatoms. The molecule has 0 unspecified atom stereocenters. The third-order valence-electron chi connectivity index (χ3n) is 4.23. The lowest BCUT2D eigenvalue weighted by Crippen LogP contribution is -2.17. The van der Waals surface area contributed by atoms with Crippen LogP contribution in [0.5, 0.6) is 0 Å². The van der Waals surface area contributed by atoms with Crippen LogP contribution < -0.4 is 5.32 Å². The van der Waals surface area contributed by atoms with Crippen molar-refractivity contribution in [2.24, 2.45) is 0 Å². The number of nitrogens with one attached hydrogen (secondary N) is 1. The molecular formula is C18H17FN2. The van der Waals surface area contributed by atoms with Gasteiger partial charge in [0.15, 0.2) is 0 Å². The number of benzene rings is 2. The summed E-state index contributed by atoms with van der Waals surface area (Å²) < 4.78 is 15.6. The van der Waals surface area contributed by atoms with Crippen molar-refractivity contribution in [3.63, 3.8) is 0 Å². The summed E-state index contributed by atoms with van der Waals surface area (Å²) in [6, 6.07) is 15.4. The lowest BCUT2D eigenvalue weighted by molar-refractivity contribution is 0.628. The van der Waals surface area contributed by atoms with Crippen LogP contribution >= 0.6 is 0 Å². The first-order valence-electron chi connectivity index (χ1n) is 7.41. The fourth-order valence-electron chi connectivity index (χ4n) is 3.24. The van der Waals surface area contributed by atoms with Gasteiger partial charge in [-0.25, -0.2) is 4.39 Å². The van der Waals surface area contributed by atoms with Gasteiger partial charge in [0.25, 0.3) is 0 Å². The maximum atomic E-state index is 13.2. The number of aromatic nitrogens is 1. The van der Waals surface area contributed by atoms with Crippen molar-refractivity contribution >= 4 is 10.9 Å². The molecule has 21 heavy (non-hydrogen) atoms. The van der Waals surface area contributed by atoms with Gasteiger partial charge in [0.05, 0.1) is 5.52 Å². The second-order valence-electron chi connectivity index (χ2n) is 5.54. The van der Waals surface area contributed by atoms with E-state index in [9.17, 15) is 4.39 Å². The van der Waals surface area contributed by atoms with Crippen LogP contribution in [0.25, 0.3) is 22.0 Å². The topological polar surface area (TPSA) is 17.0 Å². The first-order valence-corrected chi connectivity index (χ1v) is 7.41. The average molecular weight is 280 g/mol. The van der Waals surface area contributed by atoms with Gasteiger partial charge in [-0.1, -0.05) is 30.3 Å². The zero-order valence-corrected chi connectivity index (χ0v) is 11.8. The molecule has 2 aromatic carbocycles. The van der Waals surface area contributed by atoms with E-state index in [-0.39, 0.29) is 5.82 Å². The molecule has 3 aromatic rings. The van der Waals surface area contributed by atoms with E-state index in [1.165, 1.54) is 34.3 Å². The standard InChI is InChI=1S/C18H17FN2/c19-15-6-4-13(5-7-15)17-3-1-2-14-12-16-8-9-20-10-11-21(16)18(14)17/h1-7,12,20H,8-11H2. The third kappa shape index (κ3) is 2.14. The molecule has 0 amide bonds. The number of hydrogen-bond donors (Lipinski definition) is 1. The minimum absolute atomic E-state index is 0.191. The molecule has 0 atom stereocenters. The summed E-state index contributed by atoms with van der Waals surface area (Å²) in [5.41, 5.74) is 4.90. The van der Waals surface area contributed by atoms with E-state index in [4.69, 9.17) is 0 Å². The first-order chi connectivity index (χ1) is 10.3. The third-order valence-corrected chi connectivity index (χ3v) is 4.23. The molecule has 0 saturated carbocycles. The minimum atomic E-state index is -0.191. The van der Waals surface area contributed by atoms with Crippen molar-refractivity contribution in [2.45, 2.75) is 13.0 Å². The van der Waals surface area contributed by atoms with Gasteiger partial charge in [-0.2, -0.15) is 0 Å². The predicted octanol–water partition coefficient (Wildman–Crippen LogP) is 3.59. The molecule has 106 valence electrons. The van der Waals surface area contributed by atoms with Crippen molar-refractivity contribution < 1.29 is 4.39 Å². The summed E-state index contributed by atoms with van der Waals surface area (Å²) in [6.45, 7) is 3.01. The fraction of sp³-hybridized carbons (Fsp3) is 0.222. The number of rotatable bonds is 1. The zero-order valence-electron chi connectivity index (χ0n) is 11.8. The van der Waals surface area contributed by atoms with Gasteiger partial charge < -0.3 is 9.88 Å². The normalized spacial score (nSPS) is 14.9. The number of para-hydroxylation sites is 1. The summed E-state index contributed by atoms with van der Waals surface area (Å²) in [7, 11) is 0. The average Bonchev–Trinajstić information content (AvgIpc) is 2.70. The van der Waals surface area contributed by atoms with Crippen LogP contribution in [0.2, 0.25) is 0 Å². The molecule has 1 aliphatic heterocycles. The van der Waals surface area contributed by atoms with E-state index in [1.807, 2.05) is 12.1 Å². The Morgan fingerprint density at radius 3 is 2.71 bits per heavy atom. The lowest BCUT2D eigenvalue weighted by atomic mass is 10.0. The zero-order chi connectivity index (χ0) is 14.2. The van der Waals surface area contributed by atoms with Crippen LogP contribution in [-0.4, -0.2) is 17.7 Å². The minimum Gasteiger partial charge on any atom is -0.343 e. The molecule has 0 radical (unpaired) electrons. The van der Waals surface area contributed by atoms with Crippen molar-refractivity contribution in [1.29, 1.82) is 0 Å². The highest BCUT2D eigenvalue weighted by molar-refractivity contribution is 5.95. The number of fused-ring (bicyclic) bond motifs is 3. The van der Waals surface area contributed by atoms with E-state index >= 15 is 0 Å². The lowest BCUT2D eigenvalue weighted by Gasteiger charge is -2.11. The molecule has 1 aromatic heterocycles. The Labute approximate surface area is 123 Å².